The van der Waals surface area contributed by atoms with E-state index in [0.29, 0.717) is 11.6 Å². The molecule has 0 spiro atoms. The monoisotopic (exact) mass is 311 g/mol. The van der Waals surface area contributed by atoms with Crippen molar-refractivity contribution >= 4 is 21.6 Å². The predicted octanol–water partition coefficient (Wildman–Crippen LogP) is 2.59. The molecule has 2 aromatic rings. The van der Waals surface area contributed by atoms with Crippen molar-refractivity contribution in [2.45, 2.75) is 23.9 Å². The van der Waals surface area contributed by atoms with Gasteiger partial charge in [0.15, 0.2) is 5.03 Å². The zero-order chi connectivity index (χ0) is 14.2. The molecule has 1 N–H and O–H groups in total. The van der Waals surface area contributed by atoms with E-state index in [1.807, 2.05) is 12.1 Å². The molecule has 1 aromatic heterocycles. The number of halogens is 1. The van der Waals surface area contributed by atoms with Crippen molar-refractivity contribution in [3.8, 4) is 0 Å². The number of H-pyrrole nitrogens is 1. The molecule has 1 aliphatic heterocycles. The Kier molecular flexibility index (Phi) is 3.54. The third kappa shape index (κ3) is 2.34. The summed E-state index contributed by atoms with van der Waals surface area (Å²) in [6.07, 6.45) is 4.38. The first-order valence-corrected chi connectivity index (χ1v) is 8.16. The van der Waals surface area contributed by atoms with Gasteiger partial charge in [-0.25, -0.2) is 13.4 Å². The van der Waals surface area contributed by atoms with Gasteiger partial charge >= 0.3 is 0 Å². The minimum atomic E-state index is -3.52. The number of aromatic nitrogens is 2. The minimum Gasteiger partial charge on any atom is -0.335 e. The van der Waals surface area contributed by atoms with Crippen molar-refractivity contribution in [2.24, 2.45) is 0 Å². The van der Waals surface area contributed by atoms with Crippen molar-refractivity contribution in [3.63, 3.8) is 0 Å². The summed E-state index contributed by atoms with van der Waals surface area (Å²) in [6, 6.07) is 7.20. The van der Waals surface area contributed by atoms with Crippen molar-refractivity contribution < 1.29 is 8.42 Å². The first-order chi connectivity index (χ1) is 9.59. The standard InChI is InChI=1S/C13H14ClN3O2S/c14-11-5-3-10(4-6-11)12-2-1-7-17(12)20(18,19)13-8-15-9-16-13/h3-6,8-9,12H,1-2,7H2,(H,15,16)/t12-/m0/s1. The number of hydrogen-bond donors (Lipinski definition) is 1. The lowest BCUT2D eigenvalue weighted by Gasteiger charge is -2.23. The number of rotatable bonds is 3. The van der Waals surface area contributed by atoms with E-state index in [-0.39, 0.29) is 11.1 Å². The number of sulfonamides is 1. The lowest BCUT2D eigenvalue weighted by molar-refractivity contribution is 0.395. The van der Waals surface area contributed by atoms with Crippen LogP contribution >= 0.6 is 11.6 Å². The van der Waals surface area contributed by atoms with Crippen LogP contribution in [0.15, 0.2) is 41.8 Å². The van der Waals surface area contributed by atoms with Crippen molar-refractivity contribution in [3.05, 3.63) is 47.4 Å². The van der Waals surface area contributed by atoms with Gasteiger partial charge in [-0.15, -0.1) is 0 Å². The van der Waals surface area contributed by atoms with Gasteiger partial charge in [-0.2, -0.15) is 4.31 Å². The van der Waals surface area contributed by atoms with E-state index in [0.717, 1.165) is 18.4 Å². The van der Waals surface area contributed by atoms with Gasteiger partial charge in [-0.3, -0.25) is 0 Å². The maximum Gasteiger partial charge on any atom is 0.260 e. The van der Waals surface area contributed by atoms with Crippen LogP contribution in [-0.4, -0.2) is 29.2 Å². The van der Waals surface area contributed by atoms with Gasteiger partial charge in [0.1, 0.15) is 0 Å². The lowest BCUT2D eigenvalue weighted by Crippen LogP contribution is -2.30. The summed E-state index contributed by atoms with van der Waals surface area (Å²) in [4.78, 5) is 6.46. The van der Waals surface area contributed by atoms with Crippen LogP contribution in [0.1, 0.15) is 24.4 Å². The largest absolute Gasteiger partial charge is 0.335 e. The van der Waals surface area contributed by atoms with Crippen LogP contribution in [0.25, 0.3) is 0 Å². The third-order valence-electron chi connectivity index (χ3n) is 3.52. The minimum absolute atomic E-state index is 0.137. The fourth-order valence-corrected chi connectivity index (χ4v) is 4.26. The molecule has 106 valence electrons. The molecule has 1 atom stereocenters. The Morgan fingerprint density at radius 1 is 1.30 bits per heavy atom. The van der Waals surface area contributed by atoms with E-state index in [1.54, 1.807) is 12.1 Å². The number of hydrogen-bond acceptors (Lipinski definition) is 3. The van der Waals surface area contributed by atoms with Gasteiger partial charge in [-0.1, -0.05) is 23.7 Å². The van der Waals surface area contributed by atoms with Gasteiger partial charge in [0.05, 0.1) is 18.6 Å². The van der Waals surface area contributed by atoms with E-state index in [2.05, 4.69) is 9.97 Å². The zero-order valence-corrected chi connectivity index (χ0v) is 12.2. The van der Waals surface area contributed by atoms with Crippen LogP contribution < -0.4 is 0 Å². The first kappa shape index (κ1) is 13.6. The van der Waals surface area contributed by atoms with Crippen LogP contribution in [0.5, 0.6) is 0 Å². The molecule has 0 bridgehead atoms. The van der Waals surface area contributed by atoms with Crippen LogP contribution in [-0.2, 0) is 10.0 Å². The van der Waals surface area contributed by atoms with E-state index >= 15 is 0 Å². The molecule has 2 heterocycles. The molecule has 0 radical (unpaired) electrons. The summed E-state index contributed by atoms with van der Waals surface area (Å²) in [5.41, 5.74) is 0.968. The highest BCUT2D eigenvalue weighted by molar-refractivity contribution is 7.89. The molecule has 20 heavy (non-hydrogen) atoms. The second kappa shape index (κ2) is 5.20. The molecule has 7 heteroatoms. The van der Waals surface area contributed by atoms with Crippen molar-refractivity contribution in [1.82, 2.24) is 14.3 Å². The van der Waals surface area contributed by atoms with Crippen molar-refractivity contribution in [1.29, 1.82) is 0 Å². The highest BCUT2D eigenvalue weighted by Crippen LogP contribution is 2.36. The van der Waals surface area contributed by atoms with E-state index in [4.69, 9.17) is 11.6 Å². The van der Waals surface area contributed by atoms with Crippen molar-refractivity contribution in [2.75, 3.05) is 6.54 Å². The van der Waals surface area contributed by atoms with Crippen LogP contribution in [0, 0.1) is 0 Å². The summed E-state index contributed by atoms with van der Waals surface area (Å²) < 4.78 is 26.7. The number of nitrogens with zero attached hydrogens (tertiary/aromatic N) is 2. The second-order valence-electron chi connectivity index (χ2n) is 4.74. The summed E-state index contributed by atoms with van der Waals surface area (Å²) in [6.45, 7) is 0.522. The van der Waals surface area contributed by atoms with E-state index in [9.17, 15) is 8.42 Å². The summed E-state index contributed by atoms with van der Waals surface area (Å²) in [7, 11) is -3.52. The molecular formula is C13H14ClN3O2S. The predicted molar refractivity (Wildman–Crippen MR) is 75.9 cm³/mol. The van der Waals surface area contributed by atoms with Crippen LogP contribution in [0.3, 0.4) is 0 Å². The average molecular weight is 312 g/mol. The van der Waals surface area contributed by atoms with E-state index in [1.165, 1.54) is 16.8 Å². The molecule has 1 aliphatic rings. The number of nitrogens with one attached hydrogen (secondary N) is 1. The number of benzene rings is 1. The second-order valence-corrected chi connectivity index (χ2v) is 7.04. The summed E-state index contributed by atoms with van der Waals surface area (Å²) in [5.74, 6) is 0. The molecule has 1 saturated heterocycles. The average Bonchev–Trinajstić information content (AvgIpc) is 3.11. The topological polar surface area (TPSA) is 66.1 Å². The first-order valence-electron chi connectivity index (χ1n) is 6.35. The van der Waals surface area contributed by atoms with Gasteiger partial charge in [0, 0.05) is 11.6 Å². The molecule has 5 nitrogen and oxygen atoms in total. The Hall–Kier alpha value is -1.37. The maximum absolute atomic E-state index is 12.6. The Morgan fingerprint density at radius 2 is 2.05 bits per heavy atom. The Morgan fingerprint density at radius 3 is 2.70 bits per heavy atom. The Labute approximate surface area is 122 Å². The molecule has 1 aromatic carbocycles. The Bertz CT molecular complexity index is 683. The van der Waals surface area contributed by atoms with Gasteiger partial charge in [0.25, 0.3) is 10.0 Å². The molecule has 3 rings (SSSR count). The Balaban J connectivity index is 1.95. The number of imidazole rings is 1. The molecular weight excluding hydrogens is 298 g/mol. The summed E-state index contributed by atoms with van der Waals surface area (Å²) in [5, 5.41) is 0.785. The zero-order valence-electron chi connectivity index (χ0n) is 10.7. The van der Waals surface area contributed by atoms with Gasteiger partial charge in [-0.05, 0) is 30.5 Å². The number of aromatic amines is 1. The molecule has 0 aliphatic carbocycles. The quantitative estimate of drug-likeness (QED) is 0.947. The maximum atomic E-state index is 12.6. The SMILES string of the molecule is O=S(=O)(c1cnc[nH]1)N1CCC[C@H]1c1ccc(Cl)cc1. The lowest BCUT2D eigenvalue weighted by atomic mass is 10.1. The van der Waals surface area contributed by atoms with Gasteiger partial charge < -0.3 is 4.98 Å². The van der Waals surface area contributed by atoms with Crippen LogP contribution in [0.4, 0.5) is 0 Å². The third-order valence-corrected chi connectivity index (χ3v) is 5.60. The normalized spacial score (nSPS) is 20.4. The molecule has 0 saturated carbocycles. The smallest absolute Gasteiger partial charge is 0.260 e. The fraction of sp³-hybridized carbons (Fsp3) is 0.308. The highest BCUT2D eigenvalue weighted by Gasteiger charge is 2.36. The highest BCUT2D eigenvalue weighted by atomic mass is 35.5. The molecule has 1 fully saturated rings. The van der Waals surface area contributed by atoms with E-state index < -0.39 is 10.0 Å². The molecule has 0 unspecified atom stereocenters. The van der Waals surface area contributed by atoms with Crippen LogP contribution in [0.2, 0.25) is 5.02 Å². The van der Waals surface area contributed by atoms with Gasteiger partial charge in [0.2, 0.25) is 0 Å². The summed E-state index contributed by atoms with van der Waals surface area (Å²) >= 11 is 5.88. The molecule has 0 amide bonds. The fourth-order valence-electron chi connectivity index (χ4n) is 2.56.